The van der Waals surface area contributed by atoms with Crippen molar-refractivity contribution in [2.24, 2.45) is 27.9 Å². The number of carbonyl (C=O) groups is 4. The van der Waals surface area contributed by atoms with E-state index in [1.165, 1.54) is 0 Å². The number of hydrogen-bond acceptors (Lipinski definition) is 6. The standard InChI is InChI=1S/C37H54N12O4/c38-22-30(19-26-11-4-1-5-12-26)48-36(52)45-25-32(21-28-15-8-3-9-16-28)49-37(53)43-23-29(17-10-18-42-33(39)40)47-35(51)44-24-31(46-34(41)50)20-27-13-6-2-7-14-27/h1-9,11-16,29-32H,10,17-25,38H2,(H4,39,40,42)(H3,41,46,50)(H2,43,49,53)(H2,44,47,51)(H2,45,48,52)/t29?,30?,31-,32-/m0/s1. The third-order valence-corrected chi connectivity index (χ3v) is 8.14. The first-order chi connectivity index (χ1) is 25.6. The summed E-state index contributed by atoms with van der Waals surface area (Å²) in [5.74, 6) is -0.0438. The Morgan fingerprint density at radius 2 is 0.906 bits per heavy atom. The van der Waals surface area contributed by atoms with Gasteiger partial charge >= 0.3 is 24.1 Å². The zero-order valence-corrected chi connectivity index (χ0v) is 29.9. The highest BCUT2D eigenvalue weighted by molar-refractivity contribution is 5.77. The van der Waals surface area contributed by atoms with Gasteiger partial charge in [-0.3, -0.25) is 4.99 Å². The summed E-state index contributed by atoms with van der Waals surface area (Å²) >= 11 is 0. The second-order valence-corrected chi connectivity index (χ2v) is 12.6. The fourth-order valence-corrected chi connectivity index (χ4v) is 5.57. The van der Waals surface area contributed by atoms with Crippen molar-refractivity contribution in [3.05, 3.63) is 108 Å². The van der Waals surface area contributed by atoms with E-state index in [1.807, 2.05) is 91.0 Å². The molecule has 0 fully saturated rings. The number of nitrogens with zero attached hydrogens (tertiary/aromatic N) is 1. The minimum absolute atomic E-state index is 0.0438. The van der Waals surface area contributed by atoms with Crippen molar-refractivity contribution in [2.45, 2.75) is 56.3 Å². The van der Waals surface area contributed by atoms with Crippen LogP contribution < -0.4 is 60.2 Å². The number of urea groups is 4. The smallest absolute Gasteiger partial charge is 0.315 e. The summed E-state index contributed by atoms with van der Waals surface area (Å²) in [4.78, 5) is 54.7. The molecular weight excluding hydrogens is 676 g/mol. The molecule has 0 saturated carbocycles. The van der Waals surface area contributed by atoms with E-state index in [4.69, 9.17) is 22.9 Å². The third-order valence-electron chi connectivity index (χ3n) is 8.14. The van der Waals surface area contributed by atoms with Crippen molar-refractivity contribution < 1.29 is 19.2 Å². The Balaban J connectivity index is 1.58. The molecule has 4 atom stereocenters. The van der Waals surface area contributed by atoms with Crippen LogP contribution in [-0.2, 0) is 19.3 Å². The van der Waals surface area contributed by atoms with Crippen molar-refractivity contribution >= 4 is 30.1 Å². The average Bonchev–Trinajstić information content (AvgIpc) is 3.14. The van der Waals surface area contributed by atoms with E-state index in [1.54, 1.807) is 0 Å². The molecule has 16 nitrogen and oxygen atoms in total. The number of rotatable bonds is 21. The molecule has 3 aromatic rings. The number of primary amides is 1. The maximum Gasteiger partial charge on any atom is 0.315 e. The maximum absolute atomic E-state index is 13.2. The molecule has 0 spiro atoms. The van der Waals surface area contributed by atoms with E-state index < -0.39 is 42.2 Å². The summed E-state index contributed by atoms with van der Waals surface area (Å²) in [5, 5.41) is 19.9. The van der Waals surface area contributed by atoms with Gasteiger partial charge in [-0.25, -0.2) is 19.2 Å². The molecule has 286 valence electrons. The normalized spacial score (nSPS) is 12.8. The number of nitrogens with one attached hydrogen (secondary N) is 7. The number of hydrogen-bond donors (Lipinski definition) is 11. The molecule has 3 aromatic carbocycles. The molecule has 0 radical (unpaired) electrons. The highest BCUT2D eigenvalue weighted by Crippen LogP contribution is 2.06. The van der Waals surface area contributed by atoms with E-state index in [2.05, 4.69) is 42.2 Å². The van der Waals surface area contributed by atoms with Crippen LogP contribution in [0.2, 0.25) is 0 Å². The van der Waals surface area contributed by atoms with Crippen molar-refractivity contribution in [3.63, 3.8) is 0 Å². The number of nitrogens with two attached hydrogens (primary N) is 4. The molecule has 0 aliphatic carbocycles. The topological polar surface area (TPSA) is 269 Å². The van der Waals surface area contributed by atoms with Crippen LogP contribution in [0.5, 0.6) is 0 Å². The van der Waals surface area contributed by atoms with Crippen LogP contribution in [0, 0.1) is 0 Å². The Morgan fingerprint density at radius 1 is 0.528 bits per heavy atom. The Labute approximate surface area is 310 Å². The minimum Gasteiger partial charge on any atom is -0.370 e. The first-order valence-corrected chi connectivity index (χ1v) is 17.7. The highest BCUT2D eigenvalue weighted by atomic mass is 16.2. The lowest BCUT2D eigenvalue weighted by molar-refractivity contribution is 0.226. The van der Waals surface area contributed by atoms with E-state index in [0.29, 0.717) is 38.6 Å². The first-order valence-electron chi connectivity index (χ1n) is 17.7. The summed E-state index contributed by atoms with van der Waals surface area (Å²) in [5.41, 5.74) is 25.2. The summed E-state index contributed by atoms with van der Waals surface area (Å²) in [6.07, 6.45) is 2.45. The molecule has 0 aliphatic rings. The van der Waals surface area contributed by atoms with Gasteiger partial charge in [0.05, 0.1) is 12.1 Å². The molecule has 0 heterocycles. The van der Waals surface area contributed by atoms with Crippen LogP contribution in [0.15, 0.2) is 96.0 Å². The van der Waals surface area contributed by atoms with E-state index in [9.17, 15) is 19.2 Å². The van der Waals surface area contributed by atoms with Gasteiger partial charge in [-0.1, -0.05) is 91.0 Å². The van der Waals surface area contributed by atoms with Crippen molar-refractivity contribution in [2.75, 3.05) is 32.7 Å². The fourth-order valence-electron chi connectivity index (χ4n) is 5.57. The fraction of sp³-hybridized carbons (Fsp3) is 0.378. The SMILES string of the molecule is NCC(Cc1ccccc1)NC(=O)NC[C@H](Cc1ccccc1)NC(=O)NCC(CCCN=C(N)N)NC(=O)NC[C@H](Cc1ccccc1)NC(N)=O. The van der Waals surface area contributed by atoms with Crippen LogP contribution in [-0.4, -0.2) is 87.0 Å². The van der Waals surface area contributed by atoms with Gasteiger partial charge < -0.3 is 60.2 Å². The summed E-state index contributed by atoms with van der Waals surface area (Å²) in [6, 6.07) is 25.0. The zero-order valence-electron chi connectivity index (χ0n) is 29.9. The zero-order chi connectivity index (χ0) is 38.3. The lowest BCUT2D eigenvalue weighted by Crippen LogP contribution is -2.54. The summed E-state index contributed by atoms with van der Waals surface area (Å²) in [7, 11) is 0. The van der Waals surface area contributed by atoms with Gasteiger partial charge in [0.1, 0.15) is 0 Å². The minimum atomic E-state index is -0.704. The lowest BCUT2D eigenvalue weighted by atomic mass is 10.1. The number of guanidine groups is 1. The molecule has 16 heteroatoms. The second kappa shape index (κ2) is 23.4. The van der Waals surface area contributed by atoms with E-state index in [-0.39, 0.29) is 38.2 Å². The molecule has 53 heavy (non-hydrogen) atoms. The molecular formula is C37H54N12O4. The molecule has 2 unspecified atom stereocenters. The van der Waals surface area contributed by atoms with Gasteiger partial charge in [-0.05, 0) is 48.8 Å². The molecule has 0 aromatic heterocycles. The van der Waals surface area contributed by atoms with Crippen LogP contribution in [0.1, 0.15) is 29.5 Å². The van der Waals surface area contributed by atoms with Gasteiger partial charge in [-0.2, -0.15) is 0 Å². The van der Waals surface area contributed by atoms with E-state index >= 15 is 0 Å². The highest BCUT2D eigenvalue weighted by Gasteiger charge is 2.19. The first kappa shape index (κ1) is 41.4. The molecule has 3 rings (SSSR count). The van der Waals surface area contributed by atoms with Crippen molar-refractivity contribution in [1.29, 1.82) is 0 Å². The number of aliphatic imine (C=N–C) groups is 1. The summed E-state index contributed by atoms with van der Waals surface area (Å²) in [6.45, 7) is 0.923. The Bertz CT molecular complexity index is 1560. The van der Waals surface area contributed by atoms with Gasteiger partial charge in [-0.15, -0.1) is 0 Å². The Hall–Kier alpha value is -6.03. The Morgan fingerprint density at radius 3 is 1.32 bits per heavy atom. The van der Waals surface area contributed by atoms with Gasteiger partial charge in [0.15, 0.2) is 5.96 Å². The van der Waals surface area contributed by atoms with Gasteiger partial charge in [0, 0.05) is 44.8 Å². The molecule has 0 aliphatic heterocycles. The average molecular weight is 731 g/mol. The van der Waals surface area contributed by atoms with Gasteiger partial charge in [0.25, 0.3) is 0 Å². The molecule has 0 bridgehead atoms. The third kappa shape index (κ3) is 18.2. The van der Waals surface area contributed by atoms with Crippen LogP contribution in [0.4, 0.5) is 19.2 Å². The number of carbonyl (C=O) groups excluding carboxylic acids is 4. The predicted molar refractivity (Wildman–Crippen MR) is 207 cm³/mol. The molecule has 8 amide bonds. The Kier molecular flexibility index (Phi) is 18.3. The van der Waals surface area contributed by atoms with Crippen LogP contribution >= 0.6 is 0 Å². The van der Waals surface area contributed by atoms with Crippen LogP contribution in [0.25, 0.3) is 0 Å². The molecule has 0 saturated heterocycles. The predicted octanol–water partition coefficient (Wildman–Crippen LogP) is 0.767. The van der Waals surface area contributed by atoms with Gasteiger partial charge in [0.2, 0.25) is 0 Å². The lowest BCUT2D eigenvalue weighted by Gasteiger charge is -2.24. The second-order valence-electron chi connectivity index (χ2n) is 12.6. The van der Waals surface area contributed by atoms with Crippen molar-refractivity contribution in [3.8, 4) is 0 Å². The molecule has 15 N–H and O–H groups in total. The van der Waals surface area contributed by atoms with Crippen molar-refractivity contribution in [1.82, 2.24) is 37.2 Å². The summed E-state index contributed by atoms with van der Waals surface area (Å²) < 4.78 is 0. The number of amides is 8. The van der Waals surface area contributed by atoms with E-state index in [0.717, 1.165) is 16.7 Å². The van der Waals surface area contributed by atoms with Crippen LogP contribution in [0.3, 0.4) is 0 Å². The quantitative estimate of drug-likeness (QED) is 0.0425. The number of benzene rings is 3. The maximum atomic E-state index is 13.2. The largest absolute Gasteiger partial charge is 0.370 e. The monoisotopic (exact) mass is 730 g/mol.